The molecule has 0 saturated heterocycles. The zero-order chi connectivity index (χ0) is 13.1. The Morgan fingerprint density at radius 1 is 1.56 bits per heavy atom. The Kier molecular flexibility index (Phi) is 4.04. The number of rotatable bonds is 4. The van der Waals surface area contributed by atoms with Gasteiger partial charge in [0.25, 0.3) is 0 Å². The van der Waals surface area contributed by atoms with Crippen molar-refractivity contribution in [1.82, 2.24) is 9.78 Å². The lowest BCUT2D eigenvalue weighted by atomic mass is 9.72. The van der Waals surface area contributed by atoms with Crippen LogP contribution in [0.5, 0.6) is 0 Å². The summed E-state index contributed by atoms with van der Waals surface area (Å²) in [6.45, 7) is 2.23. The Morgan fingerprint density at radius 3 is 2.94 bits per heavy atom. The van der Waals surface area contributed by atoms with E-state index in [0.29, 0.717) is 11.8 Å². The lowest BCUT2D eigenvalue weighted by Crippen LogP contribution is -2.30. The molecule has 18 heavy (non-hydrogen) atoms. The highest BCUT2D eigenvalue weighted by atomic mass is 16.4. The summed E-state index contributed by atoms with van der Waals surface area (Å²) in [4.78, 5) is 11.3. The van der Waals surface area contributed by atoms with Crippen LogP contribution in [0.4, 0.5) is 0 Å². The van der Waals surface area contributed by atoms with Crippen LogP contribution in [0.3, 0.4) is 0 Å². The maximum atomic E-state index is 11.3. The average Bonchev–Trinajstić information content (AvgIpc) is 2.72. The van der Waals surface area contributed by atoms with Crippen LogP contribution in [0.2, 0.25) is 0 Å². The molecule has 0 bridgehead atoms. The van der Waals surface area contributed by atoms with Gasteiger partial charge in [-0.15, -0.1) is 0 Å². The first-order chi connectivity index (χ1) is 8.56. The largest absolute Gasteiger partial charge is 0.481 e. The molecule has 3 atom stereocenters. The van der Waals surface area contributed by atoms with E-state index in [0.717, 1.165) is 32.1 Å². The van der Waals surface area contributed by atoms with Crippen molar-refractivity contribution in [1.29, 1.82) is 0 Å². The van der Waals surface area contributed by atoms with Gasteiger partial charge in [-0.3, -0.25) is 9.48 Å². The molecule has 4 nitrogen and oxygen atoms in total. The molecule has 0 aliphatic heterocycles. The van der Waals surface area contributed by atoms with Crippen molar-refractivity contribution in [2.24, 2.45) is 24.8 Å². The van der Waals surface area contributed by atoms with Gasteiger partial charge in [-0.1, -0.05) is 6.92 Å². The van der Waals surface area contributed by atoms with Crippen LogP contribution in [0.15, 0.2) is 12.4 Å². The SMILES string of the molecule is CC1CCC(C(=O)O)C(CCc2cnn(C)c2)C1. The molecule has 1 aromatic rings. The molecular weight excluding hydrogens is 228 g/mol. The zero-order valence-electron chi connectivity index (χ0n) is 11.2. The van der Waals surface area contributed by atoms with Crippen molar-refractivity contribution in [2.45, 2.75) is 39.0 Å². The molecule has 1 saturated carbocycles. The third-order valence-electron chi connectivity index (χ3n) is 4.12. The number of carboxylic acids is 1. The second kappa shape index (κ2) is 5.55. The second-order valence-corrected chi connectivity index (χ2v) is 5.68. The first-order valence-corrected chi connectivity index (χ1v) is 6.76. The Bertz CT molecular complexity index is 414. The van der Waals surface area contributed by atoms with Crippen molar-refractivity contribution in [2.75, 3.05) is 0 Å². The normalized spacial score (nSPS) is 28.2. The van der Waals surface area contributed by atoms with Gasteiger partial charge in [-0.2, -0.15) is 5.10 Å². The van der Waals surface area contributed by atoms with Gasteiger partial charge >= 0.3 is 5.97 Å². The summed E-state index contributed by atoms with van der Waals surface area (Å²) in [5.41, 5.74) is 1.21. The summed E-state index contributed by atoms with van der Waals surface area (Å²) < 4.78 is 1.80. The van der Waals surface area contributed by atoms with E-state index in [4.69, 9.17) is 0 Å². The van der Waals surface area contributed by atoms with Crippen molar-refractivity contribution < 1.29 is 9.90 Å². The van der Waals surface area contributed by atoms with Gasteiger partial charge in [0.1, 0.15) is 0 Å². The van der Waals surface area contributed by atoms with E-state index in [1.54, 1.807) is 4.68 Å². The first-order valence-electron chi connectivity index (χ1n) is 6.76. The minimum absolute atomic E-state index is 0.141. The van der Waals surface area contributed by atoms with Crippen molar-refractivity contribution >= 4 is 5.97 Å². The predicted molar refractivity (Wildman–Crippen MR) is 69.2 cm³/mol. The van der Waals surface area contributed by atoms with Crippen LogP contribution in [0, 0.1) is 17.8 Å². The number of hydrogen-bond donors (Lipinski definition) is 1. The summed E-state index contributed by atoms with van der Waals surface area (Å²) in [5, 5.41) is 13.4. The minimum atomic E-state index is -0.613. The number of carbonyl (C=O) groups is 1. The monoisotopic (exact) mass is 250 g/mol. The van der Waals surface area contributed by atoms with Crippen LogP contribution in [0.1, 0.15) is 38.2 Å². The van der Waals surface area contributed by atoms with Gasteiger partial charge in [0, 0.05) is 13.2 Å². The van der Waals surface area contributed by atoms with Gasteiger partial charge in [-0.25, -0.2) is 0 Å². The molecule has 1 aromatic heterocycles. The van der Waals surface area contributed by atoms with Crippen molar-refractivity contribution in [3.63, 3.8) is 0 Å². The quantitative estimate of drug-likeness (QED) is 0.893. The van der Waals surface area contributed by atoms with Crippen LogP contribution in [-0.2, 0) is 18.3 Å². The Hall–Kier alpha value is -1.32. The lowest BCUT2D eigenvalue weighted by Gasteiger charge is -2.32. The minimum Gasteiger partial charge on any atom is -0.481 e. The highest BCUT2D eigenvalue weighted by molar-refractivity contribution is 5.70. The zero-order valence-corrected chi connectivity index (χ0v) is 11.2. The number of hydrogen-bond acceptors (Lipinski definition) is 2. The smallest absolute Gasteiger partial charge is 0.306 e. The van der Waals surface area contributed by atoms with E-state index in [1.807, 2.05) is 19.4 Å². The molecular formula is C14H22N2O2. The fourth-order valence-corrected chi connectivity index (χ4v) is 3.10. The molecule has 1 heterocycles. The van der Waals surface area contributed by atoms with Crippen LogP contribution in [-0.4, -0.2) is 20.9 Å². The number of aromatic nitrogens is 2. The van der Waals surface area contributed by atoms with Crippen LogP contribution in [0.25, 0.3) is 0 Å². The first kappa shape index (κ1) is 13.1. The lowest BCUT2D eigenvalue weighted by molar-refractivity contribution is -0.145. The number of carboxylic acid groups (broad SMARTS) is 1. The fraction of sp³-hybridized carbons (Fsp3) is 0.714. The third kappa shape index (κ3) is 3.12. The van der Waals surface area contributed by atoms with E-state index >= 15 is 0 Å². The van der Waals surface area contributed by atoms with E-state index in [2.05, 4.69) is 12.0 Å². The molecule has 100 valence electrons. The van der Waals surface area contributed by atoms with Crippen molar-refractivity contribution in [3.05, 3.63) is 18.0 Å². The van der Waals surface area contributed by atoms with E-state index in [-0.39, 0.29) is 5.92 Å². The topological polar surface area (TPSA) is 55.1 Å². The van der Waals surface area contributed by atoms with Crippen LogP contribution < -0.4 is 0 Å². The van der Waals surface area contributed by atoms with Gasteiger partial charge in [0.2, 0.25) is 0 Å². The summed E-state index contributed by atoms with van der Waals surface area (Å²) in [6.07, 6.45) is 8.75. The van der Waals surface area contributed by atoms with Gasteiger partial charge in [0.05, 0.1) is 12.1 Å². The Balaban J connectivity index is 1.94. The predicted octanol–water partition coefficient (Wildman–Crippen LogP) is 2.49. The molecule has 1 aliphatic rings. The summed E-state index contributed by atoms with van der Waals surface area (Å²) in [6, 6.07) is 0. The molecule has 1 aliphatic carbocycles. The maximum absolute atomic E-state index is 11.3. The van der Waals surface area contributed by atoms with E-state index in [9.17, 15) is 9.90 Å². The Labute approximate surface area is 108 Å². The molecule has 1 fully saturated rings. The maximum Gasteiger partial charge on any atom is 0.306 e. The van der Waals surface area contributed by atoms with E-state index in [1.165, 1.54) is 5.56 Å². The third-order valence-corrected chi connectivity index (χ3v) is 4.12. The molecule has 0 amide bonds. The van der Waals surface area contributed by atoms with Crippen molar-refractivity contribution in [3.8, 4) is 0 Å². The van der Waals surface area contributed by atoms with Gasteiger partial charge < -0.3 is 5.11 Å². The second-order valence-electron chi connectivity index (χ2n) is 5.68. The van der Waals surface area contributed by atoms with Gasteiger partial charge in [-0.05, 0) is 49.5 Å². The molecule has 0 spiro atoms. The molecule has 2 rings (SSSR count). The summed E-state index contributed by atoms with van der Waals surface area (Å²) in [7, 11) is 1.91. The molecule has 1 N–H and O–H groups in total. The summed E-state index contributed by atoms with van der Waals surface area (Å²) >= 11 is 0. The highest BCUT2D eigenvalue weighted by Crippen LogP contribution is 2.36. The van der Waals surface area contributed by atoms with Gasteiger partial charge in [0.15, 0.2) is 0 Å². The number of nitrogens with zero attached hydrogens (tertiary/aromatic N) is 2. The van der Waals surface area contributed by atoms with E-state index < -0.39 is 5.97 Å². The standard InChI is InChI=1S/C14H22N2O2/c1-10-3-6-13(14(17)18)12(7-10)5-4-11-8-15-16(2)9-11/h8-10,12-13H,3-7H2,1-2H3,(H,17,18). The fourth-order valence-electron chi connectivity index (χ4n) is 3.10. The molecule has 3 unspecified atom stereocenters. The number of aryl methyl sites for hydroxylation is 2. The van der Waals surface area contributed by atoms with Crippen LogP contribution >= 0.6 is 0 Å². The highest BCUT2D eigenvalue weighted by Gasteiger charge is 2.33. The average molecular weight is 250 g/mol. The molecule has 0 aromatic carbocycles. The molecule has 4 heteroatoms. The number of aliphatic carboxylic acids is 1. The summed E-state index contributed by atoms with van der Waals surface area (Å²) in [5.74, 6) is 0.238. The molecule has 0 radical (unpaired) electrons. The Morgan fingerprint density at radius 2 is 2.33 bits per heavy atom.